The van der Waals surface area contributed by atoms with Crippen molar-refractivity contribution in [3.05, 3.63) is 64.9 Å². The monoisotopic (exact) mass is 286 g/mol. The van der Waals surface area contributed by atoms with Gasteiger partial charge in [0, 0.05) is 24.0 Å². The first-order valence-electron chi connectivity index (χ1n) is 6.64. The highest BCUT2D eigenvalue weighted by Gasteiger charge is 2.51. The fraction of sp³-hybridized carbons (Fsp3) is 0.250. The topological polar surface area (TPSA) is 42.0 Å². The van der Waals surface area contributed by atoms with Gasteiger partial charge in [-0.3, -0.25) is 9.78 Å². The second-order valence-corrected chi connectivity index (χ2v) is 5.57. The maximum Gasteiger partial charge on any atom is 0.230 e. The molecule has 1 aliphatic rings. The van der Waals surface area contributed by atoms with Crippen molar-refractivity contribution in [1.29, 1.82) is 0 Å². The summed E-state index contributed by atoms with van der Waals surface area (Å²) >= 11 is 6.02. The summed E-state index contributed by atoms with van der Waals surface area (Å²) in [5, 5.41) is 3.67. The third-order valence-electron chi connectivity index (χ3n) is 3.74. The van der Waals surface area contributed by atoms with Crippen molar-refractivity contribution in [3.63, 3.8) is 0 Å². The molecule has 1 amide bonds. The maximum atomic E-state index is 12.4. The molecule has 0 saturated heterocycles. The van der Waals surface area contributed by atoms with Crippen molar-refractivity contribution in [3.8, 4) is 0 Å². The van der Waals surface area contributed by atoms with Gasteiger partial charge in [0.1, 0.15) is 0 Å². The van der Waals surface area contributed by atoms with Crippen LogP contribution in [0.25, 0.3) is 0 Å². The Morgan fingerprint density at radius 3 is 2.80 bits per heavy atom. The number of benzene rings is 1. The number of rotatable bonds is 4. The van der Waals surface area contributed by atoms with Crippen LogP contribution in [-0.4, -0.2) is 10.9 Å². The van der Waals surface area contributed by atoms with Crippen LogP contribution in [0.3, 0.4) is 0 Å². The SMILES string of the molecule is O=C(NCc1cccnc1)C1(c2cccc(Cl)c2)CC1. The number of hydrogen-bond donors (Lipinski definition) is 1. The molecule has 3 rings (SSSR count). The summed E-state index contributed by atoms with van der Waals surface area (Å²) in [4.78, 5) is 16.5. The normalized spacial score (nSPS) is 15.7. The summed E-state index contributed by atoms with van der Waals surface area (Å²) in [5.74, 6) is 0.0728. The highest BCUT2D eigenvalue weighted by Crippen LogP contribution is 2.48. The van der Waals surface area contributed by atoms with Gasteiger partial charge in [-0.15, -0.1) is 0 Å². The Morgan fingerprint density at radius 2 is 2.15 bits per heavy atom. The summed E-state index contributed by atoms with van der Waals surface area (Å²) < 4.78 is 0. The van der Waals surface area contributed by atoms with Crippen LogP contribution in [0.5, 0.6) is 0 Å². The Hall–Kier alpha value is -1.87. The lowest BCUT2D eigenvalue weighted by Crippen LogP contribution is -2.34. The Kier molecular flexibility index (Phi) is 3.45. The molecule has 102 valence electrons. The zero-order valence-electron chi connectivity index (χ0n) is 11.0. The van der Waals surface area contributed by atoms with Crippen molar-refractivity contribution < 1.29 is 4.79 Å². The van der Waals surface area contributed by atoms with Gasteiger partial charge in [-0.2, -0.15) is 0 Å². The van der Waals surface area contributed by atoms with E-state index in [2.05, 4.69) is 10.3 Å². The first-order valence-corrected chi connectivity index (χ1v) is 7.02. The predicted octanol–water partition coefficient (Wildman–Crippen LogP) is 3.08. The van der Waals surface area contributed by atoms with Gasteiger partial charge in [0.25, 0.3) is 0 Å². The lowest BCUT2D eigenvalue weighted by molar-refractivity contribution is -0.123. The Labute approximate surface area is 123 Å². The minimum Gasteiger partial charge on any atom is -0.351 e. The molecular formula is C16H15ClN2O. The van der Waals surface area contributed by atoms with E-state index in [4.69, 9.17) is 11.6 Å². The van der Waals surface area contributed by atoms with E-state index in [1.807, 2.05) is 36.4 Å². The fourth-order valence-corrected chi connectivity index (χ4v) is 2.60. The van der Waals surface area contributed by atoms with Crippen LogP contribution in [0.15, 0.2) is 48.8 Å². The number of aromatic nitrogens is 1. The molecule has 1 N–H and O–H groups in total. The third-order valence-corrected chi connectivity index (χ3v) is 3.97. The quantitative estimate of drug-likeness (QED) is 0.938. The van der Waals surface area contributed by atoms with Crippen LogP contribution in [0.2, 0.25) is 5.02 Å². The molecule has 20 heavy (non-hydrogen) atoms. The van der Waals surface area contributed by atoms with Gasteiger partial charge in [0.15, 0.2) is 0 Å². The van der Waals surface area contributed by atoms with Crippen LogP contribution in [-0.2, 0) is 16.8 Å². The molecule has 3 nitrogen and oxygen atoms in total. The second-order valence-electron chi connectivity index (χ2n) is 5.14. The molecule has 0 unspecified atom stereocenters. The van der Waals surface area contributed by atoms with Crippen molar-refractivity contribution in [2.45, 2.75) is 24.8 Å². The molecule has 0 atom stereocenters. The first kappa shape index (κ1) is 13.1. The molecule has 1 fully saturated rings. The number of carbonyl (C=O) groups is 1. The molecule has 1 aliphatic carbocycles. The summed E-state index contributed by atoms with van der Waals surface area (Å²) in [7, 11) is 0. The van der Waals surface area contributed by atoms with Gasteiger partial charge in [0.05, 0.1) is 5.41 Å². The summed E-state index contributed by atoms with van der Waals surface area (Å²) in [6.45, 7) is 0.509. The van der Waals surface area contributed by atoms with Gasteiger partial charge in [0.2, 0.25) is 5.91 Å². The van der Waals surface area contributed by atoms with Crippen molar-refractivity contribution in [1.82, 2.24) is 10.3 Å². The first-order chi connectivity index (χ1) is 9.71. The van der Waals surface area contributed by atoms with Crippen LogP contribution in [0.4, 0.5) is 0 Å². The summed E-state index contributed by atoms with van der Waals surface area (Å²) in [6.07, 6.45) is 5.25. The largest absolute Gasteiger partial charge is 0.351 e. The lowest BCUT2D eigenvalue weighted by Gasteiger charge is -2.16. The zero-order chi connectivity index (χ0) is 14.0. The van der Waals surface area contributed by atoms with E-state index < -0.39 is 0 Å². The molecule has 1 aromatic heterocycles. The van der Waals surface area contributed by atoms with Crippen LogP contribution in [0, 0.1) is 0 Å². The highest BCUT2D eigenvalue weighted by atomic mass is 35.5. The lowest BCUT2D eigenvalue weighted by atomic mass is 9.95. The number of nitrogens with one attached hydrogen (secondary N) is 1. The van der Waals surface area contributed by atoms with Gasteiger partial charge in [-0.1, -0.05) is 29.8 Å². The Bertz CT molecular complexity index is 623. The van der Waals surface area contributed by atoms with Crippen LogP contribution >= 0.6 is 11.6 Å². The average Bonchev–Trinajstić information content (AvgIpc) is 3.28. The second kappa shape index (κ2) is 5.25. The minimum atomic E-state index is -0.382. The molecule has 0 radical (unpaired) electrons. The molecular weight excluding hydrogens is 272 g/mol. The van der Waals surface area contributed by atoms with E-state index in [0.29, 0.717) is 11.6 Å². The van der Waals surface area contributed by atoms with Gasteiger partial charge >= 0.3 is 0 Å². The number of amides is 1. The molecule has 2 aromatic rings. The summed E-state index contributed by atoms with van der Waals surface area (Å²) in [5.41, 5.74) is 1.63. The number of halogens is 1. The van der Waals surface area contributed by atoms with Gasteiger partial charge in [-0.25, -0.2) is 0 Å². The fourth-order valence-electron chi connectivity index (χ4n) is 2.41. The molecule has 4 heteroatoms. The van der Waals surface area contributed by atoms with Gasteiger partial charge < -0.3 is 5.32 Å². The van der Waals surface area contributed by atoms with E-state index in [1.165, 1.54) is 0 Å². The Morgan fingerprint density at radius 1 is 1.30 bits per heavy atom. The van der Waals surface area contributed by atoms with E-state index >= 15 is 0 Å². The standard InChI is InChI=1S/C16H15ClN2O/c17-14-5-1-4-13(9-14)16(6-7-16)15(20)19-11-12-3-2-8-18-10-12/h1-5,8-10H,6-7,11H2,(H,19,20). The minimum absolute atomic E-state index is 0.0728. The molecule has 0 aliphatic heterocycles. The van der Waals surface area contributed by atoms with E-state index in [9.17, 15) is 4.79 Å². The van der Waals surface area contributed by atoms with Crippen molar-refractivity contribution in [2.75, 3.05) is 0 Å². The van der Waals surface area contributed by atoms with E-state index in [0.717, 1.165) is 24.0 Å². The van der Waals surface area contributed by atoms with Crippen LogP contribution in [0.1, 0.15) is 24.0 Å². The molecule has 1 heterocycles. The number of hydrogen-bond acceptors (Lipinski definition) is 2. The van der Waals surface area contributed by atoms with Gasteiger partial charge in [-0.05, 0) is 42.2 Å². The highest BCUT2D eigenvalue weighted by molar-refractivity contribution is 6.30. The Balaban J connectivity index is 1.71. The third kappa shape index (κ3) is 2.54. The number of carbonyl (C=O) groups excluding carboxylic acids is 1. The smallest absolute Gasteiger partial charge is 0.230 e. The van der Waals surface area contributed by atoms with Crippen molar-refractivity contribution >= 4 is 17.5 Å². The number of nitrogens with zero attached hydrogens (tertiary/aromatic N) is 1. The summed E-state index contributed by atoms with van der Waals surface area (Å²) in [6, 6.07) is 11.4. The van der Waals surface area contributed by atoms with E-state index in [1.54, 1.807) is 12.4 Å². The molecule has 0 bridgehead atoms. The van der Waals surface area contributed by atoms with E-state index in [-0.39, 0.29) is 11.3 Å². The van der Waals surface area contributed by atoms with Crippen LogP contribution < -0.4 is 5.32 Å². The molecule has 1 aromatic carbocycles. The maximum absolute atomic E-state index is 12.4. The molecule has 1 saturated carbocycles. The average molecular weight is 287 g/mol. The zero-order valence-corrected chi connectivity index (χ0v) is 11.7. The number of pyridine rings is 1. The molecule has 0 spiro atoms. The predicted molar refractivity (Wildman–Crippen MR) is 78.4 cm³/mol. The van der Waals surface area contributed by atoms with Crippen molar-refractivity contribution in [2.24, 2.45) is 0 Å².